The van der Waals surface area contributed by atoms with Crippen LogP contribution in [0.1, 0.15) is 34.2 Å². The number of nitrogens with zero attached hydrogens (tertiary/aromatic N) is 3. The maximum absolute atomic E-state index is 12.7. The maximum Gasteiger partial charge on any atom is 0.276 e. The normalized spacial score (nSPS) is 17.9. The zero-order valence-corrected chi connectivity index (χ0v) is 11.7. The minimum atomic E-state index is -0.0209. The number of carbonyl (C=O) groups excluding carboxylic acids is 1. The second-order valence-corrected chi connectivity index (χ2v) is 5.21. The van der Waals surface area contributed by atoms with Crippen molar-refractivity contribution in [2.45, 2.75) is 19.4 Å². The summed E-state index contributed by atoms with van der Waals surface area (Å²) in [7, 11) is 1.79. The largest absolute Gasteiger partial charge is 0.324 e. The van der Waals surface area contributed by atoms with Crippen LogP contribution >= 0.6 is 0 Å². The van der Waals surface area contributed by atoms with Gasteiger partial charge in [0, 0.05) is 25.3 Å². The summed E-state index contributed by atoms with van der Waals surface area (Å²) in [6, 6.07) is 9.67. The predicted molar refractivity (Wildman–Crippen MR) is 77.6 cm³/mol. The highest BCUT2D eigenvalue weighted by Gasteiger charge is 2.28. The molecule has 1 amide bonds. The summed E-state index contributed by atoms with van der Waals surface area (Å²) in [5.41, 5.74) is 9.52. The zero-order valence-electron chi connectivity index (χ0n) is 11.7. The number of aryl methyl sites for hydroxylation is 2. The lowest BCUT2D eigenvalue weighted by molar-refractivity contribution is 0.0975. The average Bonchev–Trinajstić information content (AvgIpc) is 2.78. The summed E-state index contributed by atoms with van der Waals surface area (Å²) in [5.74, 6) is -0.0209. The number of para-hydroxylation sites is 1. The van der Waals surface area contributed by atoms with Crippen LogP contribution in [0.5, 0.6) is 0 Å². The Morgan fingerprint density at radius 3 is 2.85 bits per heavy atom. The zero-order chi connectivity index (χ0) is 14.3. The van der Waals surface area contributed by atoms with E-state index in [1.54, 1.807) is 16.6 Å². The molecule has 20 heavy (non-hydrogen) atoms. The molecule has 0 fully saturated rings. The van der Waals surface area contributed by atoms with Crippen molar-refractivity contribution < 1.29 is 4.79 Å². The van der Waals surface area contributed by atoms with Crippen LogP contribution in [0.15, 0.2) is 30.3 Å². The molecule has 1 aromatic heterocycles. The van der Waals surface area contributed by atoms with Gasteiger partial charge in [-0.15, -0.1) is 0 Å². The molecule has 1 atom stereocenters. The Labute approximate surface area is 118 Å². The fourth-order valence-corrected chi connectivity index (χ4v) is 2.75. The number of anilines is 1. The summed E-state index contributed by atoms with van der Waals surface area (Å²) in [4.78, 5) is 14.5. The van der Waals surface area contributed by atoms with Gasteiger partial charge in [0.15, 0.2) is 0 Å². The Hall–Kier alpha value is -2.14. The highest BCUT2D eigenvalue weighted by atomic mass is 16.2. The second kappa shape index (κ2) is 4.76. The molecule has 104 valence electrons. The lowest BCUT2D eigenvalue weighted by Crippen LogP contribution is -2.39. The molecule has 0 bridgehead atoms. The highest BCUT2D eigenvalue weighted by Crippen LogP contribution is 2.32. The fourth-order valence-electron chi connectivity index (χ4n) is 2.75. The van der Waals surface area contributed by atoms with E-state index < -0.39 is 0 Å². The van der Waals surface area contributed by atoms with Crippen LogP contribution in [-0.2, 0) is 7.05 Å². The topological polar surface area (TPSA) is 64.2 Å². The van der Waals surface area contributed by atoms with Gasteiger partial charge in [-0.3, -0.25) is 9.48 Å². The summed E-state index contributed by atoms with van der Waals surface area (Å²) in [5, 5.41) is 4.24. The first-order valence-electron chi connectivity index (χ1n) is 6.75. The van der Waals surface area contributed by atoms with Crippen LogP contribution in [0.4, 0.5) is 5.69 Å². The number of benzene rings is 1. The Balaban J connectivity index is 2.01. The molecule has 1 aliphatic heterocycles. The molecule has 0 saturated heterocycles. The first kappa shape index (κ1) is 12.9. The van der Waals surface area contributed by atoms with Crippen molar-refractivity contribution in [2.75, 3.05) is 11.4 Å². The summed E-state index contributed by atoms with van der Waals surface area (Å²) in [6.45, 7) is 2.53. The fraction of sp³-hybridized carbons (Fsp3) is 0.333. The van der Waals surface area contributed by atoms with E-state index in [4.69, 9.17) is 5.73 Å². The quantitative estimate of drug-likeness (QED) is 0.859. The number of rotatable bonds is 1. The van der Waals surface area contributed by atoms with Gasteiger partial charge in [0.1, 0.15) is 5.69 Å². The molecule has 1 aliphatic rings. The van der Waals surface area contributed by atoms with Gasteiger partial charge in [-0.2, -0.15) is 5.10 Å². The molecular formula is C15H18N4O. The molecule has 2 aromatic rings. The molecule has 2 N–H and O–H groups in total. The Kier molecular flexibility index (Phi) is 3.06. The molecule has 1 unspecified atom stereocenters. The van der Waals surface area contributed by atoms with Crippen molar-refractivity contribution in [3.8, 4) is 0 Å². The van der Waals surface area contributed by atoms with Gasteiger partial charge in [0.2, 0.25) is 0 Å². The SMILES string of the molecule is Cc1cc(C(=O)N2CCC(N)c3ccccc32)n(C)n1. The van der Waals surface area contributed by atoms with Gasteiger partial charge < -0.3 is 10.6 Å². The van der Waals surface area contributed by atoms with E-state index in [-0.39, 0.29) is 11.9 Å². The van der Waals surface area contributed by atoms with E-state index in [0.29, 0.717) is 12.2 Å². The van der Waals surface area contributed by atoms with Crippen LogP contribution in [0.2, 0.25) is 0 Å². The summed E-state index contributed by atoms with van der Waals surface area (Å²) < 4.78 is 1.63. The molecule has 0 spiro atoms. The highest BCUT2D eigenvalue weighted by molar-refractivity contribution is 6.05. The van der Waals surface area contributed by atoms with Crippen LogP contribution in [-0.4, -0.2) is 22.2 Å². The monoisotopic (exact) mass is 270 g/mol. The Morgan fingerprint density at radius 1 is 1.40 bits per heavy atom. The number of hydrogen-bond acceptors (Lipinski definition) is 3. The summed E-state index contributed by atoms with van der Waals surface area (Å²) in [6.07, 6.45) is 0.777. The maximum atomic E-state index is 12.7. The second-order valence-electron chi connectivity index (χ2n) is 5.21. The van der Waals surface area contributed by atoms with Gasteiger partial charge in [0.25, 0.3) is 5.91 Å². The van der Waals surface area contributed by atoms with Crippen molar-refractivity contribution in [1.29, 1.82) is 0 Å². The minimum absolute atomic E-state index is 0.00326. The minimum Gasteiger partial charge on any atom is -0.324 e. The van der Waals surface area contributed by atoms with Gasteiger partial charge >= 0.3 is 0 Å². The molecule has 5 heteroatoms. The van der Waals surface area contributed by atoms with Crippen LogP contribution < -0.4 is 10.6 Å². The van der Waals surface area contributed by atoms with Crippen LogP contribution in [0.3, 0.4) is 0 Å². The van der Waals surface area contributed by atoms with Gasteiger partial charge in [0.05, 0.1) is 5.69 Å². The third-order valence-electron chi connectivity index (χ3n) is 3.76. The van der Waals surface area contributed by atoms with Crippen molar-refractivity contribution in [2.24, 2.45) is 12.8 Å². The van der Waals surface area contributed by atoms with E-state index in [1.165, 1.54) is 0 Å². The average molecular weight is 270 g/mol. The summed E-state index contributed by atoms with van der Waals surface area (Å²) >= 11 is 0. The third-order valence-corrected chi connectivity index (χ3v) is 3.76. The standard InChI is InChI=1S/C15H18N4O/c1-10-9-14(18(2)17-10)15(20)19-8-7-12(16)11-5-3-4-6-13(11)19/h3-6,9,12H,7-8,16H2,1-2H3. The first-order valence-corrected chi connectivity index (χ1v) is 6.75. The van der Waals surface area contributed by atoms with Gasteiger partial charge in [-0.25, -0.2) is 0 Å². The smallest absolute Gasteiger partial charge is 0.276 e. The lowest BCUT2D eigenvalue weighted by atomic mass is 9.97. The lowest BCUT2D eigenvalue weighted by Gasteiger charge is -2.32. The van der Waals surface area contributed by atoms with E-state index in [9.17, 15) is 4.79 Å². The number of fused-ring (bicyclic) bond motifs is 1. The van der Waals surface area contributed by atoms with Crippen molar-refractivity contribution >= 4 is 11.6 Å². The predicted octanol–water partition coefficient (Wildman–Crippen LogP) is 1.78. The van der Waals surface area contributed by atoms with E-state index in [2.05, 4.69) is 5.10 Å². The molecule has 0 saturated carbocycles. The Bertz CT molecular complexity index is 662. The number of nitrogens with two attached hydrogens (primary N) is 1. The van der Waals surface area contributed by atoms with Gasteiger partial charge in [-0.1, -0.05) is 18.2 Å². The third kappa shape index (κ3) is 2.00. The molecule has 2 heterocycles. The molecule has 1 aromatic carbocycles. The molecule has 0 radical (unpaired) electrons. The van der Waals surface area contributed by atoms with Crippen LogP contribution in [0, 0.1) is 6.92 Å². The van der Waals surface area contributed by atoms with E-state index >= 15 is 0 Å². The first-order chi connectivity index (χ1) is 9.58. The van der Waals surface area contributed by atoms with E-state index in [0.717, 1.165) is 23.4 Å². The Morgan fingerprint density at radius 2 is 2.15 bits per heavy atom. The molecular weight excluding hydrogens is 252 g/mol. The number of hydrogen-bond donors (Lipinski definition) is 1. The van der Waals surface area contributed by atoms with Crippen LogP contribution in [0.25, 0.3) is 0 Å². The van der Waals surface area contributed by atoms with E-state index in [1.807, 2.05) is 37.3 Å². The van der Waals surface area contributed by atoms with Crippen molar-refractivity contribution in [3.63, 3.8) is 0 Å². The van der Waals surface area contributed by atoms with Crippen molar-refractivity contribution in [3.05, 3.63) is 47.3 Å². The molecule has 0 aliphatic carbocycles. The van der Waals surface area contributed by atoms with Crippen molar-refractivity contribution in [1.82, 2.24) is 9.78 Å². The number of aromatic nitrogens is 2. The molecule has 5 nitrogen and oxygen atoms in total. The number of amides is 1. The van der Waals surface area contributed by atoms with Gasteiger partial charge in [-0.05, 0) is 31.0 Å². The molecule has 3 rings (SSSR count). The number of carbonyl (C=O) groups is 1.